The van der Waals surface area contributed by atoms with Gasteiger partial charge in [-0.25, -0.2) is 8.60 Å². The van der Waals surface area contributed by atoms with Crippen molar-refractivity contribution in [3.05, 3.63) is 65.7 Å². The van der Waals surface area contributed by atoms with Gasteiger partial charge in [-0.15, -0.1) is 0 Å². The second-order valence-corrected chi connectivity index (χ2v) is 7.39. The summed E-state index contributed by atoms with van der Waals surface area (Å²) in [5.74, 6) is 0.115. The van der Waals surface area contributed by atoms with Gasteiger partial charge in [0.1, 0.15) is 17.0 Å². The van der Waals surface area contributed by atoms with Crippen LogP contribution in [0.5, 0.6) is 5.75 Å². The van der Waals surface area contributed by atoms with Crippen LogP contribution in [0.25, 0.3) is 11.0 Å². The monoisotopic (exact) mass is 415 g/mol. The van der Waals surface area contributed by atoms with E-state index in [2.05, 4.69) is 15.0 Å². The van der Waals surface area contributed by atoms with Crippen LogP contribution < -0.4 is 15.2 Å². The zero-order valence-corrected chi connectivity index (χ0v) is 16.3. The second-order valence-electron chi connectivity index (χ2n) is 6.21. The molecule has 29 heavy (non-hydrogen) atoms. The second kappa shape index (κ2) is 8.02. The Morgan fingerprint density at radius 3 is 2.86 bits per heavy atom. The normalized spacial score (nSPS) is 12.2. The lowest BCUT2D eigenvalue weighted by Crippen LogP contribution is -2.07. The minimum atomic E-state index is -1.85. The zero-order valence-electron chi connectivity index (χ0n) is 15.5. The summed E-state index contributed by atoms with van der Waals surface area (Å²) in [5, 5.41) is 8.82. The van der Waals surface area contributed by atoms with Crippen LogP contribution >= 0.6 is 0 Å². The van der Waals surface area contributed by atoms with E-state index in [4.69, 9.17) is 15.0 Å². The molecule has 10 heteroatoms. The Morgan fingerprint density at radius 1 is 1.31 bits per heavy atom. The first-order chi connectivity index (χ1) is 14.1. The lowest BCUT2D eigenvalue weighted by Gasteiger charge is -2.08. The number of aromatic nitrogens is 3. The van der Waals surface area contributed by atoms with Crippen LogP contribution in [0, 0.1) is 5.82 Å². The molecule has 0 aliphatic carbocycles. The van der Waals surface area contributed by atoms with Crippen molar-refractivity contribution in [1.29, 1.82) is 0 Å². The molecule has 150 valence electrons. The van der Waals surface area contributed by atoms with Crippen LogP contribution in [0.1, 0.15) is 11.3 Å². The summed E-state index contributed by atoms with van der Waals surface area (Å²) in [6, 6.07) is 11.3. The Morgan fingerprint density at radius 2 is 2.14 bits per heavy atom. The summed E-state index contributed by atoms with van der Waals surface area (Å²) >= 11 is 0. The Bertz CT molecular complexity index is 1190. The number of anilines is 1. The maximum Gasteiger partial charge on any atom is 0.193 e. The smallest absolute Gasteiger partial charge is 0.193 e. The van der Waals surface area contributed by atoms with E-state index in [1.165, 1.54) is 25.3 Å². The van der Waals surface area contributed by atoms with Gasteiger partial charge in [-0.1, -0.05) is 17.3 Å². The number of nitrogens with two attached hydrogens (primary N) is 1. The predicted octanol–water partition coefficient (Wildman–Crippen LogP) is 2.81. The van der Waals surface area contributed by atoms with E-state index in [1.807, 2.05) is 18.3 Å². The van der Waals surface area contributed by atoms with E-state index in [1.54, 1.807) is 16.8 Å². The molecule has 4 aromatic rings. The molecular formula is C19H18FN5O3S. The number of rotatable bonds is 7. The summed E-state index contributed by atoms with van der Waals surface area (Å²) in [4.78, 5) is 0.0219. The van der Waals surface area contributed by atoms with Gasteiger partial charge in [-0.05, 0) is 35.9 Å². The van der Waals surface area contributed by atoms with Crippen LogP contribution in [0.15, 0.2) is 58.1 Å². The van der Waals surface area contributed by atoms with E-state index >= 15 is 0 Å². The summed E-state index contributed by atoms with van der Waals surface area (Å²) in [5.41, 5.74) is 7.70. The fourth-order valence-electron chi connectivity index (χ4n) is 2.94. The quantitative estimate of drug-likeness (QED) is 0.481. The Hall–Kier alpha value is -3.24. The van der Waals surface area contributed by atoms with Gasteiger partial charge in [0.25, 0.3) is 0 Å². The zero-order chi connectivity index (χ0) is 20.4. The van der Waals surface area contributed by atoms with E-state index in [9.17, 15) is 8.60 Å². The molecular weight excluding hydrogens is 397 g/mol. The Kier molecular flexibility index (Phi) is 5.28. The molecule has 1 unspecified atom stereocenters. The third-order valence-electron chi connectivity index (χ3n) is 4.29. The number of ether oxygens (including phenoxy) is 1. The molecule has 0 aliphatic heterocycles. The van der Waals surface area contributed by atoms with E-state index in [0.29, 0.717) is 29.8 Å². The first-order valence-corrected chi connectivity index (χ1v) is 9.85. The summed E-state index contributed by atoms with van der Waals surface area (Å²) in [6.07, 6.45) is 1.84. The first-order valence-electron chi connectivity index (χ1n) is 8.70. The van der Waals surface area contributed by atoms with Crippen LogP contribution in [-0.4, -0.2) is 26.3 Å². The van der Waals surface area contributed by atoms with Gasteiger partial charge in [0, 0.05) is 12.7 Å². The predicted molar refractivity (Wildman–Crippen MR) is 106 cm³/mol. The number of nitrogens with zero attached hydrogens (tertiary/aromatic N) is 3. The third kappa shape index (κ3) is 3.84. The fourth-order valence-corrected chi connectivity index (χ4v) is 3.81. The summed E-state index contributed by atoms with van der Waals surface area (Å²) < 4.78 is 41.7. The SMILES string of the molecule is COc1cc(Cn2ccc(CN)n2)cc2onc(NS(=O)c3ccccc3F)c12. The van der Waals surface area contributed by atoms with Crippen molar-refractivity contribution in [2.75, 3.05) is 11.8 Å². The summed E-state index contributed by atoms with van der Waals surface area (Å²) in [7, 11) is -0.337. The molecule has 0 bridgehead atoms. The van der Waals surface area contributed by atoms with Crippen LogP contribution in [0.3, 0.4) is 0 Å². The minimum absolute atomic E-state index is 0.0219. The summed E-state index contributed by atoms with van der Waals surface area (Å²) in [6.45, 7) is 0.850. The van der Waals surface area contributed by atoms with E-state index in [0.717, 1.165) is 11.3 Å². The molecule has 0 amide bonds. The van der Waals surface area contributed by atoms with Crippen molar-refractivity contribution >= 4 is 27.8 Å². The van der Waals surface area contributed by atoms with Gasteiger partial charge in [0.2, 0.25) is 0 Å². The highest BCUT2D eigenvalue weighted by molar-refractivity contribution is 7.86. The van der Waals surface area contributed by atoms with Crippen LogP contribution in [0.4, 0.5) is 10.2 Å². The van der Waals surface area contributed by atoms with Gasteiger partial charge in [-0.3, -0.25) is 9.40 Å². The lowest BCUT2D eigenvalue weighted by molar-refractivity contribution is 0.418. The lowest BCUT2D eigenvalue weighted by atomic mass is 10.1. The molecule has 8 nitrogen and oxygen atoms in total. The highest BCUT2D eigenvalue weighted by Crippen LogP contribution is 2.34. The largest absolute Gasteiger partial charge is 0.496 e. The highest BCUT2D eigenvalue weighted by atomic mass is 32.2. The average Bonchev–Trinajstić information content (AvgIpc) is 3.34. The molecule has 3 N–H and O–H groups in total. The molecule has 2 aromatic carbocycles. The maximum absolute atomic E-state index is 13.9. The number of methoxy groups -OCH3 is 1. The maximum atomic E-state index is 13.9. The molecule has 1 atom stereocenters. The van der Waals surface area contributed by atoms with Gasteiger partial charge >= 0.3 is 0 Å². The molecule has 0 radical (unpaired) electrons. The number of hydrogen-bond acceptors (Lipinski definition) is 6. The highest BCUT2D eigenvalue weighted by Gasteiger charge is 2.19. The van der Waals surface area contributed by atoms with E-state index in [-0.39, 0.29) is 10.7 Å². The van der Waals surface area contributed by atoms with Crippen molar-refractivity contribution < 1.29 is 17.9 Å². The van der Waals surface area contributed by atoms with Crippen molar-refractivity contribution in [1.82, 2.24) is 14.9 Å². The molecule has 0 aliphatic rings. The van der Waals surface area contributed by atoms with Gasteiger partial charge < -0.3 is 15.0 Å². The minimum Gasteiger partial charge on any atom is -0.496 e. The van der Waals surface area contributed by atoms with Crippen LogP contribution in [-0.2, 0) is 24.1 Å². The van der Waals surface area contributed by atoms with Crippen molar-refractivity contribution in [2.24, 2.45) is 5.73 Å². The molecule has 0 spiro atoms. The van der Waals surface area contributed by atoms with Gasteiger partial charge in [0.15, 0.2) is 22.4 Å². The standard InChI is InChI=1S/C19H18FN5O3S/c1-27-15-8-12(11-25-7-6-13(10-21)22-25)9-16-18(15)19(23-28-16)24-29(26)17-5-3-2-4-14(17)20/h2-9H,10-11,21H2,1H3,(H,23,24). The molecule has 4 rings (SSSR count). The molecule has 0 saturated carbocycles. The van der Waals surface area contributed by atoms with E-state index < -0.39 is 16.8 Å². The topological polar surface area (TPSA) is 108 Å². The molecule has 0 fully saturated rings. The Balaban J connectivity index is 1.65. The third-order valence-corrected chi connectivity index (χ3v) is 5.40. The fraction of sp³-hybridized carbons (Fsp3) is 0.158. The number of nitrogens with one attached hydrogen (secondary N) is 1. The number of halogens is 1. The number of fused-ring (bicyclic) bond motifs is 1. The molecule has 2 aromatic heterocycles. The average molecular weight is 415 g/mol. The number of benzene rings is 2. The number of hydrogen-bond donors (Lipinski definition) is 2. The van der Waals surface area contributed by atoms with Crippen molar-refractivity contribution in [2.45, 2.75) is 18.0 Å². The molecule has 2 heterocycles. The van der Waals surface area contributed by atoms with Gasteiger partial charge in [0.05, 0.1) is 24.2 Å². The van der Waals surface area contributed by atoms with Crippen molar-refractivity contribution in [3.8, 4) is 5.75 Å². The van der Waals surface area contributed by atoms with Gasteiger partial charge in [-0.2, -0.15) is 5.10 Å². The van der Waals surface area contributed by atoms with Crippen molar-refractivity contribution in [3.63, 3.8) is 0 Å². The van der Waals surface area contributed by atoms with Crippen LogP contribution in [0.2, 0.25) is 0 Å². The molecule has 0 saturated heterocycles. The first kappa shape index (κ1) is 19.1. The Labute approximate surface area is 168 Å².